The minimum absolute atomic E-state index is 0.0578. The topological polar surface area (TPSA) is 52.6 Å². The van der Waals surface area contributed by atoms with E-state index in [0.717, 1.165) is 42.4 Å². The van der Waals surface area contributed by atoms with Crippen molar-refractivity contribution < 1.29 is 19.1 Å². The molecule has 0 N–H and O–H groups in total. The summed E-state index contributed by atoms with van der Waals surface area (Å²) in [6.07, 6.45) is 5.96. The van der Waals surface area contributed by atoms with E-state index in [-0.39, 0.29) is 22.8 Å². The van der Waals surface area contributed by atoms with Crippen molar-refractivity contribution in [2.24, 2.45) is 5.41 Å². The molecule has 140 valence electrons. The lowest BCUT2D eigenvalue weighted by atomic mass is 9.70. The molecule has 2 aliphatic rings. The third-order valence-corrected chi connectivity index (χ3v) is 6.01. The molecule has 3 rings (SSSR count). The number of carbonyl (C=O) groups is 2. The quantitative estimate of drug-likeness (QED) is 0.633. The van der Waals surface area contributed by atoms with Gasteiger partial charge in [0.25, 0.3) is 0 Å². The van der Waals surface area contributed by atoms with Gasteiger partial charge in [-0.2, -0.15) is 0 Å². The molecule has 1 unspecified atom stereocenters. The number of benzene rings is 1. The second kappa shape index (κ2) is 7.61. The number of ketones is 1. The Morgan fingerprint density at radius 1 is 1.27 bits per heavy atom. The van der Waals surface area contributed by atoms with Crippen molar-refractivity contribution in [3.05, 3.63) is 33.3 Å². The molecular weight excluding hydrogens is 375 g/mol. The van der Waals surface area contributed by atoms with Gasteiger partial charge in [-0.25, -0.2) is 4.79 Å². The first-order valence-corrected chi connectivity index (χ1v) is 9.72. The fourth-order valence-corrected chi connectivity index (χ4v) is 4.64. The Labute approximate surface area is 163 Å². The van der Waals surface area contributed by atoms with Crippen LogP contribution in [0.2, 0.25) is 10.0 Å². The third kappa shape index (κ3) is 3.37. The minimum Gasteiger partial charge on any atom is -0.480 e. The van der Waals surface area contributed by atoms with Gasteiger partial charge in [0, 0.05) is 17.4 Å². The molecule has 0 saturated carbocycles. The average molecular weight is 397 g/mol. The zero-order chi connectivity index (χ0) is 18.9. The van der Waals surface area contributed by atoms with Gasteiger partial charge in [-0.05, 0) is 49.5 Å². The van der Waals surface area contributed by atoms with Gasteiger partial charge in [-0.3, -0.25) is 4.79 Å². The molecule has 0 fully saturated rings. The predicted molar refractivity (Wildman–Crippen MR) is 102 cm³/mol. The lowest BCUT2D eigenvalue weighted by Crippen LogP contribution is -2.25. The smallest absolute Gasteiger partial charge is 0.344 e. The van der Waals surface area contributed by atoms with Crippen LogP contribution in [0.3, 0.4) is 0 Å². The minimum atomic E-state index is -0.454. The fraction of sp³-hybridized carbons (Fsp3) is 0.500. The molecule has 26 heavy (non-hydrogen) atoms. The lowest BCUT2D eigenvalue weighted by molar-refractivity contribution is -0.145. The molecule has 2 aliphatic carbocycles. The van der Waals surface area contributed by atoms with Gasteiger partial charge < -0.3 is 9.47 Å². The van der Waals surface area contributed by atoms with Gasteiger partial charge in [0.15, 0.2) is 12.4 Å². The summed E-state index contributed by atoms with van der Waals surface area (Å²) in [5.41, 5.74) is 2.83. The Balaban J connectivity index is 1.98. The van der Waals surface area contributed by atoms with Crippen LogP contribution in [0.15, 0.2) is 12.1 Å². The van der Waals surface area contributed by atoms with Crippen LogP contribution in [0.1, 0.15) is 50.7 Å². The summed E-state index contributed by atoms with van der Waals surface area (Å²) in [6.45, 7) is 3.96. The molecule has 6 heteroatoms. The molecular formula is C20H22Cl2O4. The molecule has 4 nitrogen and oxygen atoms in total. The Morgan fingerprint density at radius 3 is 2.73 bits per heavy atom. The van der Waals surface area contributed by atoms with E-state index in [1.165, 1.54) is 0 Å². The number of fused-ring (bicyclic) bond motifs is 3. The van der Waals surface area contributed by atoms with E-state index >= 15 is 0 Å². The number of hydrogen-bond acceptors (Lipinski definition) is 4. The van der Waals surface area contributed by atoms with Crippen LogP contribution in [0.4, 0.5) is 0 Å². The number of carbonyl (C=O) groups excluding carboxylic acids is 2. The van der Waals surface area contributed by atoms with E-state index in [0.29, 0.717) is 23.8 Å². The molecule has 0 aromatic heterocycles. The molecule has 0 heterocycles. The molecule has 0 spiro atoms. The predicted octanol–water partition coefficient (Wildman–Crippen LogP) is 5.02. The first-order valence-electron chi connectivity index (χ1n) is 8.96. The van der Waals surface area contributed by atoms with Crippen molar-refractivity contribution in [3.63, 3.8) is 0 Å². The van der Waals surface area contributed by atoms with Crippen molar-refractivity contribution in [2.75, 3.05) is 13.2 Å². The van der Waals surface area contributed by atoms with Crippen molar-refractivity contribution in [1.29, 1.82) is 0 Å². The normalized spacial score (nSPS) is 21.1. The summed E-state index contributed by atoms with van der Waals surface area (Å²) in [4.78, 5) is 23.6. The Kier molecular flexibility index (Phi) is 5.64. The summed E-state index contributed by atoms with van der Waals surface area (Å²) in [7, 11) is 0. The maximum absolute atomic E-state index is 12.0. The number of hydrogen-bond donors (Lipinski definition) is 0. The highest BCUT2D eigenvalue weighted by Gasteiger charge is 2.45. The van der Waals surface area contributed by atoms with Crippen LogP contribution < -0.4 is 4.74 Å². The van der Waals surface area contributed by atoms with Gasteiger partial charge >= 0.3 is 5.97 Å². The molecule has 1 aromatic rings. The van der Waals surface area contributed by atoms with Crippen LogP contribution in [0.25, 0.3) is 5.57 Å². The van der Waals surface area contributed by atoms with Crippen molar-refractivity contribution >= 4 is 40.5 Å². The highest BCUT2D eigenvalue weighted by atomic mass is 35.5. The Hall–Kier alpha value is -1.52. The number of allylic oxidation sites excluding steroid dienone is 2. The van der Waals surface area contributed by atoms with Gasteiger partial charge in [-0.1, -0.05) is 36.5 Å². The zero-order valence-electron chi connectivity index (χ0n) is 15.0. The van der Waals surface area contributed by atoms with Gasteiger partial charge in [0.05, 0.1) is 11.6 Å². The van der Waals surface area contributed by atoms with E-state index in [9.17, 15) is 9.59 Å². The van der Waals surface area contributed by atoms with Crippen molar-refractivity contribution in [3.8, 4) is 5.75 Å². The van der Waals surface area contributed by atoms with E-state index in [4.69, 9.17) is 32.7 Å². The molecule has 1 atom stereocenters. The summed E-state index contributed by atoms with van der Waals surface area (Å²) >= 11 is 13.0. The molecule has 1 aromatic carbocycles. The second-order valence-corrected chi connectivity index (χ2v) is 7.62. The summed E-state index contributed by atoms with van der Waals surface area (Å²) in [5.74, 6) is 0.0553. The number of rotatable bonds is 6. The maximum Gasteiger partial charge on any atom is 0.344 e. The number of halogens is 2. The van der Waals surface area contributed by atoms with Gasteiger partial charge in [0.1, 0.15) is 10.8 Å². The van der Waals surface area contributed by atoms with E-state index < -0.39 is 5.97 Å². The van der Waals surface area contributed by atoms with Crippen LogP contribution in [-0.2, 0) is 20.7 Å². The van der Waals surface area contributed by atoms with Crippen LogP contribution in [0.5, 0.6) is 5.75 Å². The highest BCUT2D eigenvalue weighted by Crippen LogP contribution is 2.58. The van der Waals surface area contributed by atoms with E-state index in [1.54, 1.807) is 13.0 Å². The fourth-order valence-electron chi connectivity index (χ4n) is 4.12. The first-order chi connectivity index (χ1) is 12.4. The van der Waals surface area contributed by atoms with Gasteiger partial charge in [-0.15, -0.1) is 0 Å². The van der Waals surface area contributed by atoms with Crippen molar-refractivity contribution in [1.82, 2.24) is 0 Å². The van der Waals surface area contributed by atoms with Crippen molar-refractivity contribution in [2.45, 2.75) is 46.0 Å². The summed E-state index contributed by atoms with van der Waals surface area (Å²) in [6, 6.07) is 1.85. The van der Waals surface area contributed by atoms with Crippen LogP contribution in [-0.4, -0.2) is 25.0 Å². The highest BCUT2D eigenvalue weighted by molar-refractivity contribution is 6.44. The summed E-state index contributed by atoms with van der Waals surface area (Å²) < 4.78 is 10.4. The molecule has 0 amide bonds. The maximum atomic E-state index is 12.0. The SMILES string of the molecule is CCCC12CCC(=O)C=C1c1c(cc(OCC(=O)OCC)c(Cl)c1Cl)C2. The van der Waals surface area contributed by atoms with E-state index in [2.05, 4.69) is 6.92 Å². The lowest BCUT2D eigenvalue weighted by Gasteiger charge is -2.33. The largest absolute Gasteiger partial charge is 0.480 e. The third-order valence-electron chi connectivity index (χ3n) is 5.16. The van der Waals surface area contributed by atoms with Gasteiger partial charge in [0.2, 0.25) is 0 Å². The Morgan fingerprint density at radius 2 is 2.04 bits per heavy atom. The standard InChI is InChI=1S/C20H22Cl2O4/c1-3-6-20-7-5-13(23)9-14(20)17-12(10-20)8-15(18(21)19(17)22)26-11-16(24)25-4-2/h8-9H,3-7,10-11H2,1-2H3. The number of ether oxygens (including phenoxy) is 2. The second-order valence-electron chi connectivity index (χ2n) is 6.86. The summed E-state index contributed by atoms with van der Waals surface area (Å²) in [5, 5.41) is 0.655. The van der Waals surface area contributed by atoms with E-state index in [1.807, 2.05) is 6.07 Å². The monoisotopic (exact) mass is 396 g/mol. The zero-order valence-corrected chi connectivity index (χ0v) is 16.5. The Bertz CT molecular complexity index is 785. The molecule has 0 bridgehead atoms. The van der Waals surface area contributed by atoms with Crippen LogP contribution >= 0.6 is 23.2 Å². The molecule has 0 aliphatic heterocycles. The first kappa shape index (κ1) is 19.2. The molecule has 0 saturated heterocycles. The van der Waals surface area contributed by atoms with Crippen LogP contribution in [0, 0.1) is 5.41 Å². The number of esters is 1. The molecule has 0 radical (unpaired) electrons. The average Bonchev–Trinajstić information content (AvgIpc) is 2.91.